The Kier molecular flexibility index (Phi) is 3.06. The van der Waals surface area contributed by atoms with Crippen molar-refractivity contribution in [2.24, 2.45) is 0 Å². The first-order valence-corrected chi connectivity index (χ1v) is 6.73. The molecule has 3 aromatic rings. The number of nitrogens with zero attached hydrogens (tertiary/aromatic N) is 1. The van der Waals surface area contributed by atoms with Gasteiger partial charge in [0.1, 0.15) is 0 Å². The molecule has 0 fully saturated rings. The Hall–Kier alpha value is -2.49. The molecule has 1 aromatic heterocycles. The molecular formula is C16H18N4. The molecule has 0 aliphatic carbocycles. The molecule has 0 aliphatic heterocycles. The number of fused-ring (bicyclic) bond motifs is 1. The molecule has 102 valence electrons. The number of nitrogens with one attached hydrogen (secondary N) is 2. The number of nitrogen functional groups attached to an aromatic ring is 1. The minimum atomic E-state index is 0.504. The van der Waals surface area contributed by atoms with Crippen molar-refractivity contribution in [2.45, 2.75) is 19.8 Å². The summed E-state index contributed by atoms with van der Waals surface area (Å²) in [5.41, 5.74) is 11.0. The van der Waals surface area contributed by atoms with Crippen LogP contribution in [0.5, 0.6) is 0 Å². The number of nitrogens with two attached hydrogens (primary N) is 1. The summed E-state index contributed by atoms with van der Waals surface area (Å²) in [5, 5.41) is 11.4. The Morgan fingerprint density at radius 1 is 1.20 bits per heavy atom. The van der Waals surface area contributed by atoms with Gasteiger partial charge in [0, 0.05) is 11.1 Å². The lowest BCUT2D eigenvalue weighted by atomic mass is 10.0. The molecule has 4 heteroatoms. The second-order valence-corrected chi connectivity index (χ2v) is 5.30. The van der Waals surface area contributed by atoms with Gasteiger partial charge in [-0.25, -0.2) is 0 Å². The lowest BCUT2D eigenvalue weighted by Gasteiger charge is -2.12. The maximum atomic E-state index is 6.09. The topological polar surface area (TPSA) is 66.7 Å². The van der Waals surface area contributed by atoms with E-state index in [1.54, 1.807) is 6.20 Å². The van der Waals surface area contributed by atoms with E-state index < -0.39 is 0 Å². The molecule has 0 bridgehead atoms. The summed E-state index contributed by atoms with van der Waals surface area (Å²) < 4.78 is 0. The van der Waals surface area contributed by atoms with E-state index >= 15 is 0 Å². The molecule has 0 amide bonds. The van der Waals surface area contributed by atoms with E-state index in [1.165, 1.54) is 5.56 Å². The van der Waals surface area contributed by atoms with Crippen molar-refractivity contribution < 1.29 is 0 Å². The first-order valence-electron chi connectivity index (χ1n) is 6.73. The van der Waals surface area contributed by atoms with E-state index in [0.29, 0.717) is 11.6 Å². The zero-order valence-electron chi connectivity index (χ0n) is 11.6. The molecule has 0 saturated heterocycles. The number of aromatic nitrogens is 2. The molecule has 20 heavy (non-hydrogen) atoms. The van der Waals surface area contributed by atoms with Crippen LogP contribution in [0.15, 0.2) is 42.6 Å². The number of anilines is 3. The van der Waals surface area contributed by atoms with Crippen LogP contribution in [-0.2, 0) is 0 Å². The summed E-state index contributed by atoms with van der Waals surface area (Å²) in [6.45, 7) is 4.37. The normalized spacial score (nSPS) is 11.2. The molecule has 4 N–H and O–H groups in total. The lowest BCUT2D eigenvalue weighted by molar-refractivity contribution is 0.867. The van der Waals surface area contributed by atoms with E-state index in [0.717, 1.165) is 22.3 Å². The number of rotatable bonds is 3. The Morgan fingerprint density at radius 3 is 2.85 bits per heavy atom. The smallest absolute Gasteiger partial charge is 0.0672 e. The van der Waals surface area contributed by atoms with Gasteiger partial charge in [0.25, 0.3) is 0 Å². The van der Waals surface area contributed by atoms with Gasteiger partial charge in [-0.05, 0) is 35.7 Å². The molecule has 0 aliphatic rings. The molecule has 0 radical (unpaired) electrons. The quantitative estimate of drug-likeness (QED) is 0.627. The molecule has 0 spiro atoms. The summed E-state index contributed by atoms with van der Waals surface area (Å²) in [7, 11) is 0. The van der Waals surface area contributed by atoms with Crippen LogP contribution >= 0.6 is 0 Å². The van der Waals surface area contributed by atoms with Gasteiger partial charge in [-0.1, -0.05) is 26.0 Å². The largest absolute Gasteiger partial charge is 0.397 e. The van der Waals surface area contributed by atoms with Crippen LogP contribution in [-0.4, -0.2) is 10.2 Å². The average molecular weight is 266 g/mol. The van der Waals surface area contributed by atoms with Gasteiger partial charge in [-0.15, -0.1) is 0 Å². The second kappa shape index (κ2) is 4.89. The fourth-order valence-corrected chi connectivity index (χ4v) is 2.25. The monoisotopic (exact) mass is 266 g/mol. The van der Waals surface area contributed by atoms with Crippen molar-refractivity contribution in [1.29, 1.82) is 0 Å². The van der Waals surface area contributed by atoms with Gasteiger partial charge in [0.05, 0.1) is 23.1 Å². The molecule has 4 nitrogen and oxygen atoms in total. The van der Waals surface area contributed by atoms with Crippen LogP contribution in [0.1, 0.15) is 25.3 Å². The van der Waals surface area contributed by atoms with Gasteiger partial charge in [0.15, 0.2) is 0 Å². The van der Waals surface area contributed by atoms with Crippen LogP contribution in [0.4, 0.5) is 17.1 Å². The number of aromatic amines is 1. The highest BCUT2D eigenvalue weighted by molar-refractivity contribution is 5.89. The fraction of sp³-hybridized carbons (Fsp3) is 0.188. The summed E-state index contributed by atoms with van der Waals surface area (Å²) in [5.74, 6) is 0.504. The van der Waals surface area contributed by atoms with Crippen LogP contribution in [0, 0.1) is 0 Å². The van der Waals surface area contributed by atoms with E-state index in [1.807, 2.05) is 18.2 Å². The summed E-state index contributed by atoms with van der Waals surface area (Å²) in [6, 6.07) is 12.3. The number of H-pyrrole nitrogens is 1. The average Bonchev–Trinajstić information content (AvgIpc) is 2.86. The van der Waals surface area contributed by atoms with Crippen LogP contribution in [0.2, 0.25) is 0 Å². The van der Waals surface area contributed by atoms with Crippen molar-refractivity contribution in [3.63, 3.8) is 0 Å². The molecule has 1 heterocycles. The van der Waals surface area contributed by atoms with E-state index in [4.69, 9.17) is 5.73 Å². The van der Waals surface area contributed by atoms with Gasteiger partial charge in [-0.2, -0.15) is 5.10 Å². The van der Waals surface area contributed by atoms with Crippen LogP contribution < -0.4 is 11.1 Å². The van der Waals surface area contributed by atoms with E-state index in [9.17, 15) is 0 Å². The molecule has 0 unspecified atom stereocenters. The van der Waals surface area contributed by atoms with Crippen LogP contribution in [0.25, 0.3) is 10.9 Å². The number of hydrogen-bond acceptors (Lipinski definition) is 3. The molecule has 0 saturated carbocycles. The van der Waals surface area contributed by atoms with Crippen molar-refractivity contribution in [1.82, 2.24) is 10.2 Å². The van der Waals surface area contributed by atoms with Gasteiger partial charge in [0.2, 0.25) is 0 Å². The van der Waals surface area contributed by atoms with E-state index in [-0.39, 0.29) is 0 Å². The Bertz CT molecular complexity index is 743. The standard InChI is InChI=1S/C16H18N4/c1-10(2)11-4-3-5-13(6-11)19-16-8-15-12(7-14(16)17)9-18-20-15/h3-10,19H,17H2,1-2H3,(H,18,20). The number of hydrogen-bond donors (Lipinski definition) is 3. The van der Waals surface area contributed by atoms with Crippen molar-refractivity contribution in [3.8, 4) is 0 Å². The Labute approximate surface area is 118 Å². The Balaban J connectivity index is 1.96. The van der Waals surface area contributed by atoms with Crippen LogP contribution in [0.3, 0.4) is 0 Å². The number of benzene rings is 2. The van der Waals surface area contributed by atoms with Crippen molar-refractivity contribution in [3.05, 3.63) is 48.2 Å². The third kappa shape index (κ3) is 2.32. The highest BCUT2D eigenvalue weighted by Crippen LogP contribution is 2.28. The SMILES string of the molecule is CC(C)c1cccc(Nc2cc3[nH]ncc3cc2N)c1. The lowest BCUT2D eigenvalue weighted by Crippen LogP contribution is -1.97. The summed E-state index contributed by atoms with van der Waals surface area (Å²) >= 11 is 0. The zero-order valence-corrected chi connectivity index (χ0v) is 11.6. The maximum absolute atomic E-state index is 6.09. The highest BCUT2D eigenvalue weighted by atomic mass is 15.1. The zero-order chi connectivity index (χ0) is 14.1. The first-order chi connectivity index (χ1) is 9.63. The third-order valence-electron chi connectivity index (χ3n) is 3.44. The molecular weight excluding hydrogens is 248 g/mol. The second-order valence-electron chi connectivity index (χ2n) is 5.30. The minimum absolute atomic E-state index is 0.504. The van der Waals surface area contributed by atoms with Gasteiger partial charge < -0.3 is 11.1 Å². The molecule has 0 atom stereocenters. The predicted octanol–water partition coefficient (Wildman–Crippen LogP) is 4.01. The Morgan fingerprint density at radius 2 is 2.05 bits per heavy atom. The minimum Gasteiger partial charge on any atom is -0.397 e. The van der Waals surface area contributed by atoms with Gasteiger partial charge >= 0.3 is 0 Å². The molecule has 2 aromatic carbocycles. The maximum Gasteiger partial charge on any atom is 0.0672 e. The predicted molar refractivity (Wildman–Crippen MR) is 84.3 cm³/mol. The fourth-order valence-electron chi connectivity index (χ4n) is 2.25. The van der Waals surface area contributed by atoms with Gasteiger partial charge in [-0.3, -0.25) is 5.10 Å². The van der Waals surface area contributed by atoms with E-state index in [2.05, 4.69) is 47.6 Å². The molecule has 3 rings (SSSR count). The summed E-state index contributed by atoms with van der Waals surface area (Å²) in [6.07, 6.45) is 1.77. The highest BCUT2D eigenvalue weighted by Gasteiger charge is 2.05. The first kappa shape index (κ1) is 12.5. The van der Waals surface area contributed by atoms with Crippen molar-refractivity contribution in [2.75, 3.05) is 11.1 Å². The summed E-state index contributed by atoms with van der Waals surface area (Å²) in [4.78, 5) is 0. The third-order valence-corrected chi connectivity index (χ3v) is 3.44. The van der Waals surface area contributed by atoms with Crippen molar-refractivity contribution >= 4 is 28.0 Å².